The van der Waals surface area contributed by atoms with Gasteiger partial charge in [-0.05, 0) is 38.0 Å². The van der Waals surface area contributed by atoms with Crippen molar-refractivity contribution in [3.05, 3.63) is 71.9 Å². The lowest BCUT2D eigenvalue weighted by Crippen LogP contribution is -2.45. The molecule has 0 spiro atoms. The number of aromatic nitrogens is 4. The molecule has 1 saturated heterocycles. The maximum absolute atomic E-state index is 4.83. The van der Waals surface area contributed by atoms with E-state index in [2.05, 4.69) is 68.0 Å². The predicted octanol–water partition coefficient (Wildman–Crippen LogP) is 2.59. The lowest BCUT2D eigenvalue weighted by Gasteiger charge is -2.22. The second kappa shape index (κ2) is 9.59. The van der Waals surface area contributed by atoms with Gasteiger partial charge in [-0.25, -0.2) is 9.98 Å². The molecule has 0 radical (unpaired) electrons. The van der Waals surface area contributed by atoms with Gasteiger partial charge in [0.15, 0.2) is 11.8 Å². The first kappa shape index (κ1) is 20.8. The molecular weight excluding hydrogens is 388 g/mol. The van der Waals surface area contributed by atoms with E-state index in [-0.39, 0.29) is 12.1 Å². The molecule has 2 unspecified atom stereocenters. The van der Waals surface area contributed by atoms with Crippen molar-refractivity contribution in [2.45, 2.75) is 38.9 Å². The molecule has 8 nitrogen and oxygen atoms in total. The first-order valence-electron chi connectivity index (χ1n) is 10.7. The van der Waals surface area contributed by atoms with E-state index in [9.17, 15) is 0 Å². The molecule has 1 aliphatic rings. The zero-order valence-corrected chi connectivity index (χ0v) is 18.4. The SMILES string of the molecule is Cc1nnc(CN=C(NC2CCN(c3ccccn3)C2)NC(C)c2ccccc2)n1C. The van der Waals surface area contributed by atoms with Crippen LogP contribution in [-0.2, 0) is 13.6 Å². The molecule has 1 fully saturated rings. The predicted molar refractivity (Wildman–Crippen MR) is 123 cm³/mol. The second-order valence-electron chi connectivity index (χ2n) is 7.93. The van der Waals surface area contributed by atoms with Crippen molar-refractivity contribution in [3.8, 4) is 0 Å². The number of guanidine groups is 1. The molecule has 1 aliphatic heterocycles. The molecule has 3 aromatic rings. The molecular formula is C23H30N8. The topological polar surface area (TPSA) is 83.3 Å². The van der Waals surface area contributed by atoms with Crippen LogP contribution in [0.15, 0.2) is 59.7 Å². The molecule has 2 N–H and O–H groups in total. The van der Waals surface area contributed by atoms with E-state index >= 15 is 0 Å². The highest BCUT2D eigenvalue weighted by Crippen LogP contribution is 2.18. The quantitative estimate of drug-likeness (QED) is 0.473. The van der Waals surface area contributed by atoms with E-state index in [0.717, 1.165) is 42.9 Å². The van der Waals surface area contributed by atoms with E-state index < -0.39 is 0 Å². The standard InChI is InChI=1S/C23H30N8/c1-17(19-9-5-4-6-10-19)26-23(25-15-22-29-28-18(2)30(22)3)27-20-12-14-31(16-20)21-11-7-8-13-24-21/h4-11,13,17,20H,12,14-16H2,1-3H3,(H2,25,26,27). The second-order valence-corrected chi connectivity index (χ2v) is 7.93. The van der Waals surface area contributed by atoms with E-state index in [1.807, 2.05) is 42.9 Å². The molecule has 0 saturated carbocycles. The van der Waals surface area contributed by atoms with Gasteiger partial charge in [-0.3, -0.25) is 0 Å². The van der Waals surface area contributed by atoms with Gasteiger partial charge in [0.1, 0.15) is 18.2 Å². The summed E-state index contributed by atoms with van der Waals surface area (Å²) in [6.07, 6.45) is 2.87. The number of nitrogens with one attached hydrogen (secondary N) is 2. The summed E-state index contributed by atoms with van der Waals surface area (Å²) in [5.74, 6) is 3.52. The number of aliphatic imine (C=N–C) groups is 1. The Kier molecular flexibility index (Phi) is 6.45. The molecule has 0 amide bonds. The van der Waals surface area contributed by atoms with Crippen molar-refractivity contribution < 1.29 is 0 Å². The highest BCUT2D eigenvalue weighted by Gasteiger charge is 2.24. The Bertz CT molecular complexity index is 999. The fourth-order valence-corrected chi connectivity index (χ4v) is 3.72. The third kappa shape index (κ3) is 5.20. The normalized spacial score (nSPS) is 17.6. The van der Waals surface area contributed by atoms with Crippen molar-refractivity contribution in [1.82, 2.24) is 30.4 Å². The zero-order valence-electron chi connectivity index (χ0n) is 18.4. The van der Waals surface area contributed by atoms with Gasteiger partial charge in [0, 0.05) is 32.4 Å². The minimum Gasteiger partial charge on any atom is -0.354 e. The number of hydrogen-bond acceptors (Lipinski definition) is 5. The molecule has 2 atom stereocenters. The fraction of sp³-hybridized carbons (Fsp3) is 0.391. The zero-order chi connectivity index (χ0) is 21.6. The van der Waals surface area contributed by atoms with Crippen LogP contribution in [-0.4, -0.2) is 44.8 Å². The summed E-state index contributed by atoms with van der Waals surface area (Å²) in [7, 11) is 1.97. The van der Waals surface area contributed by atoms with Gasteiger partial charge < -0.3 is 20.1 Å². The van der Waals surface area contributed by atoms with Crippen LogP contribution in [0.25, 0.3) is 0 Å². The van der Waals surface area contributed by atoms with Crippen molar-refractivity contribution in [1.29, 1.82) is 0 Å². The summed E-state index contributed by atoms with van der Waals surface area (Å²) in [6, 6.07) is 16.8. The van der Waals surface area contributed by atoms with Crippen molar-refractivity contribution >= 4 is 11.8 Å². The number of nitrogens with zero attached hydrogens (tertiary/aromatic N) is 6. The van der Waals surface area contributed by atoms with Crippen LogP contribution in [0, 0.1) is 6.92 Å². The van der Waals surface area contributed by atoms with Crippen LogP contribution in [0.1, 0.15) is 36.6 Å². The lowest BCUT2D eigenvalue weighted by molar-refractivity contribution is 0.616. The first-order chi connectivity index (χ1) is 15.1. The van der Waals surface area contributed by atoms with Crippen LogP contribution in [0.2, 0.25) is 0 Å². The van der Waals surface area contributed by atoms with Crippen molar-refractivity contribution in [2.75, 3.05) is 18.0 Å². The van der Waals surface area contributed by atoms with Crippen molar-refractivity contribution in [2.24, 2.45) is 12.0 Å². The van der Waals surface area contributed by atoms with Gasteiger partial charge in [0.05, 0.1) is 6.04 Å². The number of rotatable bonds is 6. The van der Waals surface area contributed by atoms with Gasteiger partial charge in [0.25, 0.3) is 0 Å². The maximum Gasteiger partial charge on any atom is 0.192 e. The average molecular weight is 419 g/mol. The Morgan fingerprint density at radius 2 is 1.97 bits per heavy atom. The first-order valence-corrected chi connectivity index (χ1v) is 10.7. The Labute approximate surface area is 183 Å². The molecule has 1 aromatic carbocycles. The Morgan fingerprint density at radius 3 is 2.68 bits per heavy atom. The monoisotopic (exact) mass is 418 g/mol. The third-order valence-electron chi connectivity index (χ3n) is 5.72. The van der Waals surface area contributed by atoms with Crippen LogP contribution in [0.3, 0.4) is 0 Å². The van der Waals surface area contributed by atoms with Crippen LogP contribution in [0.4, 0.5) is 5.82 Å². The van der Waals surface area contributed by atoms with E-state index in [0.29, 0.717) is 6.54 Å². The summed E-state index contributed by atoms with van der Waals surface area (Å²) in [5, 5.41) is 15.6. The Balaban J connectivity index is 1.46. The van der Waals surface area contributed by atoms with Gasteiger partial charge in [0.2, 0.25) is 0 Å². The molecule has 8 heteroatoms. The molecule has 162 valence electrons. The minimum atomic E-state index is 0.127. The molecule has 0 aliphatic carbocycles. The highest BCUT2D eigenvalue weighted by atomic mass is 15.3. The molecule has 31 heavy (non-hydrogen) atoms. The summed E-state index contributed by atoms with van der Waals surface area (Å²) < 4.78 is 1.97. The van der Waals surface area contributed by atoms with Gasteiger partial charge >= 0.3 is 0 Å². The number of hydrogen-bond donors (Lipinski definition) is 2. The maximum atomic E-state index is 4.83. The smallest absolute Gasteiger partial charge is 0.192 e. The summed E-state index contributed by atoms with van der Waals surface area (Å²) in [5.41, 5.74) is 1.22. The molecule has 2 aromatic heterocycles. The van der Waals surface area contributed by atoms with E-state index in [1.165, 1.54) is 5.56 Å². The molecule has 4 rings (SSSR count). The number of aryl methyl sites for hydroxylation is 1. The fourth-order valence-electron chi connectivity index (χ4n) is 3.72. The summed E-state index contributed by atoms with van der Waals surface area (Å²) in [6.45, 7) is 6.41. The summed E-state index contributed by atoms with van der Waals surface area (Å²) in [4.78, 5) is 11.6. The average Bonchev–Trinajstić information content (AvgIpc) is 3.40. The number of pyridine rings is 1. The Morgan fingerprint density at radius 1 is 1.16 bits per heavy atom. The molecule has 0 bridgehead atoms. The van der Waals surface area contributed by atoms with Gasteiger partial charge in [-0.1, -0.05) is 36.4 Å². The van der Waals surface area contributed by atoms with Gasteiger partial charge in [-0.15, -0.1) is 10.2 Å². The number of anilines is 1. The highest BCUT2D eigenvalue weighted by molar-refractivity contribution is 5.80. The lowest BCUT2D eigenvalue weighted by atomic mass is 10.1. The van der Waals surface area contributed by atoms with Crippen LogP contribution in [0.5, 0.6) is 0 Å². The third-order valence-corrected chi connectivity index (χ3v) is 5.72. The van der Waals surface area contributed by atoms with Gasteiger partial charge in [-0.2, -0.15) is 0 Å². The van der Waals surface area contributed by atoms with Crippen LogP contribution >= 0.6 is 0 Å². The summed E-state index contributed by atoms with van der Waals surface area (Å²) >= 11 is 0. The number of benzene rings is 1. The minimum absolute atomic E-state index is 0.127. The molecule has 3 heterocycles. The van der Waals surface area contributed by atoms with E-state index in [4.69, 9.17) is 4.99 Å². The van der Waals surface area contributed by atoms with Crippen molar-refractivity contribution in [3.63, 3.8) is 0 Å². The van der Waals surface area contributed by atoms with E-state index in [1.54, 1.807) is 0 Å². The Hall–Kier alpha value is -3.42. The van der Waals surface area contributed by atoms with Crippen LogP contribution < -0.4 is 15.5 Å². The largest absolute Gasteiger partial charge is 0.354 e.